The van der Waals surface area contributed by atoms with Gasteiger partial charge in [-0.25, -0.2) is 0 Å². The number of rotatable bonds is 4. The number of amides is 1. The van der Waals surface area contributed by atoms with Gasteiger partial charge in [-0.1, -0.05) is 0 Å². The maximum absolute atomic E-state index is 11.3. The highest BCUT2D eigenvalue weighted by molar-refractivity contribution is 5.76. The highest BCUT2D eigenvalue weighted by Gasteiger charge is 2.19. The molecule has 0 bridgehead atoms. The maximum Gasteiger partial charge on any atom is 0.222 e. The van der Waals surface area contributed by atoms with Crippen molar-refractivity contribution in [1.82, 2.24) is 5.32 Å². The highest BCUT2D eigenvalue weighted by Crippen LogP contribution is 2.16. The van der Waals surface area contributed by atoms with Gasteiger partial charge in [0, 0.05) is 25.6 Å². The van der Waals surface area contributed by atoms with E-state index < -0.39 is 0 Å². The largest absolute Gasteiger partial charge is 0.384 e. The molecule has 3 N–H and O–H groups in total. The Balaban J connectivity index is 2.14. The molecule has 0 atom stereocenters. The summed E-state index contributed by atoms with van der Waals surface area (Å²) in [5.41, 5.74) is 5.78. The fraction of sp³-hybridized carbons (Fsp3) is 0.900. The molecule has 4 nitrogen and oxygen atoms in total. The Bertz CT molecular complexity index is 177. The number of carbonyl (C=O) groups excluding carboxylic acids is 1. The molecule has 82 valence electrons. The first-order valence-electron chi connectivity index (χ1n) is 5.26. The molecule has 14 heavy (non-hydrogen) atoms. The maximum atomic E-state index is 11.3. The van der Waals surface area contributed by atoms with Gasteiger partial charge in [0.15, 0.2) is 0 Å². The molecule has 0 radical (unpaired) electrons. The van der Waals surface area contributed by atoms with Crippen molar-refractivity contribution >= 4 is 5.91 Å². The van der Waals surface area contributed by atoms with Gasteiger partial charge in [-0.05, 0) is 25.7 Å². The topological polar surface area (TPSA) is 64.3 Å². The molecule has 1 amide bonds. The van der Waals surface area contributed by atoms with Crippen molar-refractivity contribution in [1.29, 1.82) is 0 Å². The summed E-state index contributed by atoms with van der Waals surface area (Å²) >= 11 is 0. The van der Waals surface area contributed by atoms with Crippen molar-refractivity contribution in [3.63, 3.8) is 0 Å². The van der Waals surface area contributed by atoms with Crippen molar-refractivity contribution in [2.45, 2.75) is 44.2 Å². The van der Waals surface area contributed by atoms with Crippen LogP contribution in [0.1, 0.15) is 32.1 Å². The van der Waals surface area contributed by atoms with Crippen LogP contribution in [0.5, 0.6) is 0 Å². The first-order chi connectivity index (χ1) is 6.72. The van der Waals surface area contributed by atoms with Crippen LogP contribution in [-0.4, -0.2) is 31.7 Å². The van der Waals surface area contributed by atoms with Crippen molar-refractivity contribution in [3.8, 4) is 0 Å². The lowest BCUT2D eigenvalue weighted by atomic mass is 9.92. The van der Waals surface area contributed by atoms with Gasteiger partial charge in [-0.3, -0.25) is 4.79 Å². The molecule has 0 aromatic carbocycles. The van der Waals surface area contributed by atoms with E-state index in [0.29, 0.717) is 25.1 Å². The highest BCUT2D eigenvalue weighted by atomic mass is 16.5. The predicted molar refractivity (Wildman–Crippen MR) is 54.9 cm³/mol. The molecular formula is C10H20N2O2. The normalized spacial score (nSPS) is 27.3. The number of hydrogen-bond acceptors (Lipinski definition) is 3. The van der Waals surface area contributed by atoms with Crippen LogP contribution in [-0.2, 0) is 9.53 Å². The van der Waals surface area contributed by atoms with Gasteiger partial charge in [-0.2, -0.15) is 0 Å². The van der Waals surface area contributed by atoms with Crippen LogP contribution < -0.4 is 11.1 Å². The Hall–Kier alpha value is -0.610. The monoisotopic (exact) mass is 200 g/mol. The number of hydrogen-bond donors (Lipinski definition) is 2. The third-order valence-corrected chi connectivity index (χ3v) is 2.67. The molecule has 1 fully saturated rings. The molecule has 1 aliphatic carbocycles. The Morgan fingerprint density at radius 1 is 1.43 bits per heavy atom. The SMILES string of the molecule is COCCC(=O)NC1CCC(N)CC1. The minimum Gasteiger partial charge on any atom is -0.384 e. The minimum absolute atomic E-state index is 0.0901. The second-order valence-electron chi connectivity index (χ2n) is 3.92. The average molecular weight is 200 g/mol. The number of methoxy groups -OCH3 is 1. The third-order valence-electron chi connectivity index (χ3n) is 2.67. The molecule has 0 aromatic heterocycles. The van der Waals surface area contributed by atoms with Gasteiger partial charge in [0.2, 0.25) is 5.91 Å². The second kappa shape index (κ2) is 5.98. The van der Waals surface area contributed by atoms with Gasteiger partial charge < -0.3 is 15.8 Å². The number of nitrogens with two attached hydrogens (primary N) is 1. The summed E-state index contributed by atoms with van der Waals surface area (Å²) in [5, 5.41) is 3.00. The Kier molecular flexibility index (Phi) is 4.90. The van der Waals surface area contributed by atoms with Crippen LogP contribution in [0.3, 0.4) is 0 Å². The van der Waals surface area contributed by atoms with Crippen LogP contribution in [0.2, 0.25) is 0 Å². The van der Waals surface area contributed by atoms with E-state index in [4.69, 9.17) is 10.5 Å². The summed E-state index contributed by atoms with van der Waals surface area (Å²) in [6.07, 6.45) is 4.53. The summed E-state index contributed by atoms with van der Waals surface area (Å²) in [6.45, 7) is 0.498. The molecule has 0 saturated heterocycles. The molecule has 0 aliphatic heterocycles. The lowest BCUT2D eigenvalue weighted by Gasteiger charge is -2.26. The summed E-state index contributed by atoms with van der Waals surface area (Å²) in [4.78, 5) is 11.3. The van der Waals surface area contributed by atoms with Crippen LogP contribution in [0.25, 0.3) is 0 Å². The molecular weight excluding hydrogens is 180 g/mol. The van der Waals surface area contributed by atoms with E-state index in [2.05, 4.69) is 5.32 Å². The van der Waals surface area contributed by atoms with Crippen LogP contribution in [0, 0.1) is 0 Å². The van der Waals surface area contributed by atoms with E-state index >= 15 is 0 Å². The summed E-state index contributed by atoms with van der Waals surface area (Å²) in [5.74, 6) is 0.0901. The molecule has 0 aromatic rings. The van der Waals surface area contributed by atoms with Crippen molar-refractivity contribution in [2.75, 3.05) is 13.7 Å². The Labute approximate surface area is 85.2 Å². The molecule has 0 heterocycles. The van der Waals surface area contributed by atoms with Crippen LogP contribution >= 0.6 is 0 Å². The first kappa shape index (κ1) is 11.5. The lowest BCUT2D eigenvalue weighted by molar-refractivity contribution is -0.122. The zero-order valence-electron chi connectivity index (χ0n) is 8.79. The van der Waals surface area contributed by atoms with Crippen molar-refractivity contribution < 1.29 is 9.53 Å². The van der Waals surface area contributed by atoms with Gasteiger partial charge >= 0.3 is 0 Å². The average Bonchev–Trinajstić information content (AvgIpc) is 2.18. The van der Waals surface area contributed by atoms with Gasteiger partial charge in [0.1, 0.15) is 0 Å². The molecule has 4 heteroatoms. The van der Waals surface area contributed by atoms with E-state index in [0.717, 1.165) is 25.7 Å². The predicted octanol–water partition coefficient (Wildman–Crippen LogP) is 0.409. The van der Waals surface area contributed by atoms with E-state index in [-0.39, 0.29) is 5.91 Å². The number of ether oxygens (including phenoxy) is 1. The van der Waals surface area contributed by atoms with E-state index in [1.807, 2.05) is 0 Å². The van der Waals surface area contributed by atoms with Gasteiger partial charge in [-0.15, -0.1) is 0 Å². The van der Waals surface area contributed by atoms with Crippen LogP contribution in [0.4, 0.5) is 0 Å². The molecule has 1 saturated carbocycles. The smallest absolute Gasteiger partial charge is 0.222 e. The number of nitrogens with one attached hydrogen (secondary N) is 1. The summed E-state index contributed by atoms with van der Waals surface area (Å²) in [6, 6.07) is 0.668. The van der Waals surface area contributed by atoms with Crippen LogP contribution in [0.15, 0.2) is 0 Å². The zero-order valence-corrected chi connectivity index (χ0v) is 8.79. The molecule has 1 rings (SSSR count). The van der Waals surface area contributed by atoms with Crippen molar-refractivity contribution in [2.24, 2.45) is 5.73 Å². The Morgan fingerprint density at radius 2 is 2.07 bits per heavy atom. The third kappa shape index (κ3) is 4.07. The minimum atomic E-state index is 0.0901. The fourth-order valence-electron chi connectivity index (χ4n) is 1.76. The number of carbonyl (C=O) groups is 1. The summed E-state index contributed by atoms with van der Waals surface area (Å²) < 4.78 is 4.84. The molecule has 0 unspecified atom stereocenters. The molecule has 1 aliphatic rings. The standard InChI is InChI=1S/C10H20N2O2/c1-14-7-6-10(13)12-9-4-2-8(11)3-5-9/h8-9H,2-7,11H2,1H3,(H,12,13). The fourth-order valence-corrected chi connectivity index (χ4v) is 1.76. The Morgan fingerprint density at radius 3 is 2.64 bits per heavy atom. The zero-order chi connectivity index (χ0) is 10.4. The van der Waals surface area contributed by atoms with Crippen molar-refractivity contribution in [3.05, 3.63) is 0 Å². The van der Waals surface area contributed by atoms with Gasteiger partial charge in [0.05, 0.1) is 6.61 Å². The van der Waals surface area contributed by atoms with E-state index in [1.165, 1.54) is 0 Å². The van der Waals surface area contributed by atoms with E-state index in [9.17, 15) is 4.79 Å². The first-order valence-corrected chi connectivity index (χ1v) is 5.26. The summed E-state index contributed by atoms with van der Waals surface area (Å²) in [7, 11) is 1.60. The van der Waals surface area contributed by atoms with E-state index in [1.54, 1.807) is 7.11 Å². The van der Waals surface area contributed by atoms with Gasteiger partial charge in [0.25, 0.3) is 0 Å². The lowest BCUT2D eigenvalue weighted by Crippen LogP contribution is -2.40. The quantitative estimate of drug-likeness (QED) is 0.691. The second-order valence-corrected chi connectivity index (χ2v) is 3.92. The molecule has 0 spiro atoms.